The molecule has 2 heterocycles. The van der Waals surface area contributed by atoms with E-state index in [2.05, 4.69) is 5.32 Å². The van der Waals surface area contributed by atoms with Crippen LogP contribution in [0.4, 0.5) is 0 Å². The lowest BCUT2D eigenvalue weighted by molar-refractivity contribution is -0.143. The number of nitrogens with one attached hydrogen (secondary N) is 1. The van der Waals surface area contributed by atoms with Crippen molar-refractivity contribution >= 4 is 23.6 Å². The zero-order chi connectivity index (χ0) is 20.5. The molecule has 4 amide bonds. The lowest BCUT2D eigenvalue weighted by Gasteiger charge is -2.36. The lowest BCUT2D eigenvalue weighted by Crippen LogP contribution is -2.52. The SMILES string of the molecule is Cc1ccccc1C1C(=O)NCCN1C(=O)CCN1C(=O)c2ccccc2C1=O. The average Bonchev–Trinajstić information content (AvgIpc) is 2.97. The maximum absolute atomic E-state index is 13.0. The van der Waals surface area contributed by atoms with Crippen molar-refractivity contribution in [1.29, 1.82) is 0 Å². The Labute approximate surface area is 168 Å². The fourth-order valence-electron chi connectivity index (χ4n) is 3.93. The number of carbonyl (C=O) groups excluding carboxylic acids is 4. The molecule has 2 aromatic rings. The first-order valence-corrected chi connectivity index (χ1v) is 9.57. The summed E-state index contributed by atoms with van der Waals surface area (Å²) in [6.45, 7) is 2.65. The Balaban J connectivity index is 1.50. The fourth-order valence-corrected chi connectivity index (χ4v) is 3.93. The van der Waals surface area contributed by atoms with Crippen molar-refractivity contribution < 1.29 is 19.2 Å². The largest absolute Gasteiger partial charge is 0.352 e. The molecule has 1 N–H and O–H groups in total. The van der Waals surface area contributed by atoms with Gasteiger partial charge in [-0.2, -0.15) is 0 Å². The summed E-state index contributed by atoms with van der Waals surface area (Å²) in [5, 5.41) is 2.81. The van der Waals surface area contributed by atoms with Gasteiger partial charge < -0.3 is 10.2 Å². The van der Waals surface area contributed by atoms with Crippen molar-refractivity contribution in [2.24, 2.45) is 0 Å². The van der Waals surface area contributed by atoms with Crippen molar-refractivity contribution in [1.82, 2.24) is 15.1 Å². The molecule has 1 atom stereocenters. The molecule has 0 radical (unpaired) electrons. The second kappa shape index (κ2) is 7.50. The molecule has 4 rings (SSSR count). The monoisotopic (exact) mass is 391 g/mol. The van der Waals surface area contributed by atoms with E-state index >= 15 is 0 Å². The highest BCUT2D eigenvalue weighted by Gasteiger charge is 2.38. The van der Waals surface area contributed by atoms with Gasteiger partial charge in [0.25, 0.3) is 11.8 Å². The van der Waals surface area contributed by atoms with Crippen molar-refractivity contribution in [2.75, 3.05) is 19.6 Å². The molecule has 2 aliphatic rings. The molecule has 148 valence electrons. The van der Waals surface area contributed by atoms with E-state index in [-0.39, 0.29) is 36.6 Å². The number of imide groups is 1. The summed E-state index contributed by atoms with van der Waals surface area (Å²) in [7, 11) is 0. The zero-order valence-electron chi connectivity index (χ0n) is 16.1. The summed E-state index contributed by atoms with van der Waals surface area (Å²) in [4.78, 5) is 53.2. The second-order valence-electron chi connectivity index (χ2n) is 7.19. The Bertz CT molecular complexity index is 982. The molecule has 1 saturated heterocycles. The van der Waals surface area contributed by atoms with E-state index in [1.165, 1.54) is 0 Å². The minimum absolute atomic E-state index is 0.0101. The number of nitrogens with zero attached hydrogens (tertiary/aromatic N) is 2. The minimum atomic E-state index is -0.709. The van der Waals surface area contributed by atoms with Gasteiger partial charge in [0.05, 0.1) is 11.1 Å². The van der Waals surface area contributed by atoms with E-state index in [4.69, 9.17) is 0 Å². The number of aryl methyl sites for hydroxylation is 1. The van der Waals surface area contributed by atoms with Gasteiger partial charge in [-0.05, 0) is 30.2 Å². The molecule has 0 saturated carbocycles. The second-order valence-corrected chi connectivity index (χ2v) is 7.19. The number of carbonyl (C=O) groups is 4. The summed E-state index contributed by atoms with van der Waals surface area (Å²) in [6.07, 6.45) is -0.0267. The van der Waals surface area contributed by atoms with Gasteiger partial charge in [-0.3, -0.25) is 24.1 Å². The van der Waals surface area contributed by atoms with Gasteiger partial charge >= 0.3 is 0 Å². The topological polar surface area (TPSA) is 86.8 Å². The molecule has 1 fully saturated rings. The van der Waals surface area contributed by atoms with Crippen LogP contribution >= 0.6 is 0 Å². The van der Waals surface area contributed by atoms with Gasteiger partial charge in [0.1, 0.15) is 6.04 Å². The quantitative estimate of drug-likeness (QED) is 0.804. The Morgan fingerprint density at radius 2 is 1.62 bits per heavy atom. The van der Waals surface area contributed by atoms with Crippen molar-refractivity contribution in [3.63, 3.8) is 0 Å². The van der Waals surface area contributed by atoms with Crippen molar-refractivity contribution in [2.45, 2.75) is 19.4 Å². The number of hydrogen-bond acceptors (Lipinski definition) is 4. The molecule has 7 nitrogen and oxygen atoms in total. The zero-order valence-corrected chi connectivity index (χ0v) is 16.1. The Morgan fingerprint density at radius 1 is 1.00 bits per heavy atom. The van der Waals surface area contributed by atoms with E-state index in [1.807, 2.05) is 31.2 Å². The first-order valence-electron chi connectivity index (χ1n) is 9.57. The van der Waals surface area contributed by atoms with Gasteiger partial charge in [0.2, 0.25) is 11.8 Å². The van der Waals surface area contributed by atoms with Crippen LogP contribution in [-0.4, -0.2) is 53.1 Å². The Hall–Kier alpha value is -3.48. The molecule has 1 unspecified atom stereocenters. The molecule has 29 heavy (non-hydrogen) atoms. The predicted molar refractivity (Wildman–Crippen MR) is 105 cm³/mol. The van der Waals surface area contributed by atoms with E-state index < -0.39 is 6.04 Å². The highest BCUT2D eigenvalue weighted by Crippen LogP contribution is 2.27. The van der Waals surface area contributed by atoms with Crippen LogP contribution < -0.4 is 5.32 Å². The van der Waals surface area contributed by atoms with Crippen molar-refractivity contribution in [3.05, 3.63) is 70.8 Å². The third-order valence-electron chi connectivity index (χ3n) is 5.44. The van der Waals surface area contributed by atoms with E-state index in [9.17, 15) is 19.2 Å². The molecule has 2 aromatic carbocycles. The summed E-state index contributed by atoms with van der Waals surface area (Å²) in [5.41, 5.74) is 2.42. The number of hydrogen-bond donors (Lipinski definition) is 1. The van der Waals surface area contributed by atoms with Crippen LogP contribution in [-0.2, 0) is 9.59 Å². The van der Waals surface area contributed by atoms with Crippen LogP contribution in [0.3, 0.4) is 0 Å². The Kier molecular flexibility index (Phi) is 4.88. The Morgan fingerprint density at radius 3 is 2.28 bits per heavy atom. The molecular formula is C22H21N3O4. The molecule has 7 heteroatoms. The molecular weight excluding hydrogens is 370 g/mol. The summed E-state index contributed by atoms with van der Waals surface area (Å²) >= 11 is 0. The number of fused-ring (bicyclic) bond motifs is 1. The molecule has 0 aromatic heterocycles. The number of rotatable bonds is 4. The highest BCUT2D eigenvalue weighted by molar-refractivity contribution is 6.21. The van der Waals surface area contributed by atoms with Crippen molar-refractivity contribution in [3.8, 4) is 0 Å². The van der Waals surface area contributed by atoms with Gasteiger partial charge in [0.15, 0.2) is 0 Å². The van der Waals surface area contributed by atoms with Gasteiger partial charge in [-0.1, -0.05) is 36.4 Å². The fraction of sp³-hybridized carbons (Fsp3) is 0.273. The van der Waals surface area contributed by atoms with Gasteiger partial charge in [0, 0.05) is 26.1 Å². The molecule has 2 aliphatic heterocycles. The number of amides is 4. The van der Waals surface area contributed by atoms with E-state index in [1.54, 1.807) is 29.2 Å². The highest BCUT2D eigenvalue weighted by atomic mass is 16.2. The lowest BCUT2D eigenvalue weighted by atomic mass is 9.97. The molecule has 0 bridgehead atoms. The standard InChI is InChI=1S/C22H21N3O4/c1-14-6-2-3-7-15(14)19-20(27)23-11-13-24(19)18(26)10-12-25-21(28)16-8-4-5-9-17(16)22(25)29/h2-9,19H,10-13H2,1H3,(H,23,27). The first-order chi connectivity index (χ1) is 14.0. The predicted octanol–water partition coefficient (Wildman–Crippen LogP) is 1.68. The molecule has 0 spiro atoms. The molecule has 0 aliphatic carbocycles. The third-order valence-corrected chi connectivity index (χ3v) is 5.44. The maximum atomic E-state index is 13.0. The summed E-state index contributed by atoms with van der Waals surface area (Å²) < 4.78 is 0. The first kappa shape index (κ1) is 18.9. The van der Waals surface area contributed by atoms with E-state index in [0.717, 1.165) is 16.0 Å². The third kappa shape index (κ3) is 3.29. The van der Waals surface area contributed by atoms with Crippen LogP contribution in [0.25, 0.3) is 0 Å². The van der Waals surface area contributed by atoms with Crippen LogP contribution in [0.5, 0.6) is 0 Å². The number of piperazine rings is 1. The van der Waals surface area contributed by atoms with Crippen LogP contribution in [0.15, 0.2) is 48.5 Å². The average molecular weight is 391 g/mol. The number of benzene rings is 2. The van der Waals surface area contributed by atoms with Crippen LogP contribution in [0, 0.1) is 6.92 Å². The normalized spacial score (nSPS) is 18.7. The smallest absolute Gasteiger partial charge is 0.261 e. The maximum Gasteiger partial charge on any atom is 0.261 e. The van der Waals surface area contributed by atoms with Gasteiger partial charge in [-0.25, -0.2) is 0 Å². The van der Waals surface area contributed by atoms with Crippen LogP contribution in [0.1, 0.15) is 44.3 Å². The summed E-state index contributed by atoms with van der Waals surface area (Å²) in [5.74, 6) is -1.25. The van der Waals surface area contributed by atoms with Gasteiger partial charge in [-0.15, -0.1) is 0 Å². The minimum Gasteiger partial charge on any atom is -0.352 e. The van der Waals surface area contributed by atoms with Crippen LogP contribution in [0.2, 0.25) is 0 Å². The van der Waals surface area contributed by atoms with E-state index in [0.29, 0.717) is 24.2 Å². The summed E-state index contributed by atoms with van der Waals surface area (Å²) in [6, 6.07) is 13.4.